The fourth-order valence-electron chi connectivity index (χ4n) is 1.18. The van der Waals surface area contributed by atoms with Gasteiger partial charge in [-0.15, -0.1) is 0 Å². The van der Waals surface area contributed by atoms with Crippen LogP contribution >= 0.6 is 0 Å². The first-order valence-corrected chi connectivity index (χ1v) is 4.96. The van der Waals surface area contributed by atoms with Gasteiger partial charge < -0.3 is 15.0 Å². The summed E-state index contributed by atoms with van der Waals surface area (Å²) in [5, 5.41) is 10.2. The Hall–Kier alpha value is -2.32. The molecule has 0 saturated carbocycles. The molecular formula is C10H9F3N2O4. The maximum Gasteiger partial charge on any atom is 0.405 e. The maximum absolute atomic E-state index is 11.8. The highest BCUT2D eigenvalue weighted by molar-refractivity contribution is 5.87. The van der Waals surface area contributed by atoms with Crippen LogP contribution in [0.1, 0.15) is 10.4 Å². The van der Waals surface area contributed by atoms with Crippen molar-refractivity contribution >= 4 is 11.9 Å². The molecule has 2 N–H and O–H groups in total. The fraction of sp³-hybridized carbons (Fsp3) is 0.300. The van der Waals surface area contributed by atoms with Crippen LogP contribution in [0.2, 0.25) is 0 Å². The highest BCUT2D eigenvalue weighted by Crippen LogP contribution is 2.11. The molecular weight excluding hydrogens is 269 g/mol. The lowest BCUT2D eigenvalue weighted by Crippen LogP contribution is -2.37. The fourth-order valence-corrected chi connectivity index (χ4v) is 1.18. The molecule has 1 heterocycles. The van der Waals surface area contributed by atoms with Crippen LogP contribution in [0.15, 0.2) is 23.1 Å². The quantitative estimate of drug-likeness (QED) is 0.825. The molecule has 0 aliphatic carbocycles. The summed E-state index contributed by atoms with van der Waals surface area (Å²) in [5.74, 6) is -2.31. The first-order chi connectivity index (χ1) is 8.69. The van der Waals surface area contributed by atoms with E-state index in [-0.39, 0.29) is 5.56 Å². The number of nitrogens with zero attached hydrogens (tertiary/aromatic N) is 1. The number of hydrogen-bond acceptors (Lipinski definition) is 3. The first kappa shape index (κ1) is 14.7. The Morgan fingerprint density at radius 2 is 2.00 bits per heavy atom. The monoisotopic (exact) mass is 278 g/mol. The molecule has 0 radical (unpaired) electrons. The molecule has 0 aromatic carbocycles. The number of carboxylic acid groups (broad SMARTS) is 1. The molecule has 0 spiro atoms. The summed E-state index contributed by atoms with van der Waals surface area (Å²) in [6, 6.07) is 1.85. The molecule has 0 atom stereocenters. The second-order valence-corrected chi connectivity index (χ2v) is 3.58. The van der Waals surface area contributed by atoms with Crippen LogP contribution in [0.25, 0.3) is 0 Å². The van der Waals surface area contributed by atoms with Crippen LogP contribution in [-0.4, -0.2) is 34.3 Å². The minimum atomic E-state index is -4.53. The molecule has 0 aliphatic heterocycles. The molecule has 9 heteroatoms. The van der Waals surface area contributed by atoms with Crippen molar-refractivity contribution in [3.05, 3.63) is 34.2 Å². The van der Waals surface area contributed by atoms with Crippen molar-refractivity contribution in [1.82, 2.24) is 9.88 Å². The number of carboxylic acids is 1. The number of alkyl halides is 3. The molecule has 19 heavy (non-hydrogen) atoms. The minimum absolute atomic E-state index is 0.267. The van der Waals surface area contributed by atoms with Crippen LogP contribution in [0.5, 0.6) is 0 Å². The number of carbonyl (C=O) groups is 2. The van der Waals surface area contributed by atoms with Gasteiger partial charge in [-0.2, -0.15) is 13.2 Å². The molecule has 1 aromatic rings. The van der Waals surface area contributed by atoms with Crippen LogP contribution in [0.3, 0.4) is 0 Å². The number of pyridine rings is 1. The number of aromatic nitrogens is 1. The molecule has 0 unspecified atom stereocenters. The van der Waals surface area contributed by atoms with Crippen LogP contribution < -0.4 is 10.9 Å². The third-order valence-electron chi connectivity index (χ3n) is 2.04. The van der Waals surface area contributed by atoms with Gasteiger partial charge in [0, 0.05) is 12.3 Å². The molecule has 6 nitrogen and oxygen atoms in total. The summed E-state index contributed by atoms with van der Waals surface area (Å²) in [7, 11) is 0. The van der Waals surface area contributed by atoms with Crippen molar-refractivity contribution in [3.63, 3.8) is 0 Å². The van der Waals surface area contributed by atoms with Gasteiger partial charge in [0.25, 0.3) is 5.56 Å². The third kappa shape index (κ3) is 4.82. The van der Waals surface area contributed by atoms with Crippen LogP contribution in [-0.2, 0) is 11.3 Å². The summed E-state index contributed by atoms with van der Waals surface area (Å²) in [4.78, 5) is 33.1. The van der Waals surface area contributed by atoms with Crippen LogP contribution in [0, 0.1) is 0 Å². The third-order valence-corrected chi connectivity index (χ3v) is 2.04. The van der Waals surface area contributed by atoms with Gasteiger partial charge in [0.05, 0.1) is 5.56 Å². The van der Waals surface area contributed by atoms with E-state index in [9.17, 15) is 27.6 Å². The molecule has 104 valence electrons. The smallest absolute Gasteiger partial charge is 0.405 e. The van der Waals surface area contributed by atoms with Crippen molar-refractivity contribution in [2.24, 2.45) is 0 Å². The number of rotatable bonds is 4. The zero-order valence-electron chi connectivity index (χ0n) is 9.40. The molecule has 0 fully saturated rings. The standard InChI is InChI=1S/C10H9F3N2O4/c11-10(12,13)5-14-7(16)4-15-2-1-6(9(18)19)3-8(15)17/h1-3H,4-5H2,(H,14,16)(H,18,19). The predicted octanol–water partition coefficient (Wildman–Crippen LogP) is 0.225. The van der Waals surface area contributed by atoms with Gasteiger partial charge in [0.2, 0.25) is 5.91 Å². The van der Waals surface area contributed by atoms with E-state index in [0.29, 0.717) is 0 Å². The topological polar surface area (TPSA) is 88.4 Å². The second kappa shape index (κ2) is 5.55. The molecule has 1 rings (SSSR count). The van der Waals surface area contributed by atoms with Crippen molar-refractivity contribution in [2.45, 2.75) is 12.7 Å². The number of amides is 1. The molecule has 1 amide bonds. The van der Waals surface area contributed by atoms with Crippen molar-refractivity contribution < 1.29 is 27.9 Å². The predicted molar refractivity (Wildman–Crippen MR) is 56.7 cm³/mol. The normalized spacial score (nSPS) is 11.1. The van der Waals surface area contributed by atoms with E-state index in [4.69, 9.17) is 5.11 Å². The van der Waals surface area contributed by atoms with E-state index in [1.54, 1.807) is 5.32 Å². The van der Waals surface area contributed by atoms with E-state index >= 15 is 0 Å². The summed E-state index contributed by atoms with van der Waals surface area (Å²) in [5.41, 5.74) is -1.06. The Morgan fingerprint density at radius 1 is 1.37 bits per heavy atom. The summed E-state index contributed by atoms with van der Waals surface area (Å²) in [6.07, 6.45) is -3.51. The van der Waals surface area contributed by atoms with E-state index in [1.165, 1.54) is 0 Å². The van der Waals surface area contributed by atoms with Crippen molar-refractivity contribution in [1.29, 1.82) is 0 Å². The van der Waals surface area contributed by atoms with Crippen molar-refractivity contribution in [2.75, 3.05) is 6.54 Å². The minimum Gasteiger partial charge on any atom is -0.478 e. The zero-order valence-corrected chi connectivity index (χ0v) is 9.40. The lowest BCUT2D eigenvalue weighted by Gasteiger charge is -2.09. The number of halogens is 3. The summed E-state index contributed by atoms with van der Waals surface area (Å²) < 4.78 is 36.3. The molecule has 0 saturated heterocycles. The van der Waals surface area contributed by atoms with E-state index < -0.39 is 36.7 Å². The lowest BCUT2D eigenvalue weighted by molar-refractivity contribution is -0.138. The first-order valence-electron chi connectivity index (χ1n) is 4.96. The van der Waals surface area contributed by atoms with E-state index in [0.717, 1.165) is 22.9 Å². The maximum atomic E-state index is 11.8. The van der Waals surface area contributed by atoms with Crippen LogP contribution in [0.4, 0.5) is 13.2 Å². The highest BCUT2D eigenvalue weighted by atomic mass is 19.4. The lowest BCUT2D eigenvalue weighted by atomic mass is 10.3. The average molecular weight is 278 g/mol. The largest absolute Gasteiger partial charge is 0.478 e. The summed E-state index contributed by atoms with van der Waals surface area (Å²) in [6.45, 7) is -2.11. The Morgan fingerprint density at radius 3 is 2.47 bits per heavy atom. The van der Waals surface area contributed by atoms with Gasteiger partial charge in [-0.25, -0.2) is 4.79 Å². The molecule has 0 bridgehead atoms. The number of nitrogens with one attached hydrogen (secondary N) is 1. The van der Waals surface area contributed by atoms with Gasteiger partial charge in [-0.05, 0) is 6.07 Å². The Balaban J connectivity index is 2.70. The Bertz CT molecular complexity index is 550. The zero-order chi connectivity index (χ0) is 14.6. The van der Waals surface area contributed by atoms with E-state index in [2.05, 4.69) is 0 Å². The Kier molecular flexibility index (Phi) is 4.30. The second-order valence-electron chi connectivity index (χ2n) is 3.58. The van der Waals surface area contributed by atoms with Gasteiger partial charge in [-0.3, -0.25) is 9.59 Å². The van der Waals surface area contributed by atoms with Gasteiger partial charge in [0.15, 0.2) is 0 Å². The number of hydrogen-bond donors (Lipinski definition) is 2. The molecule has 1 aromatic heterocycles. The summed E-state index contributed by atoms with van der Waals surface area (Å²) >= 11 is 0. The Labute approximate surface area is 104 Å². The van der Waals surface area contributed by atoms with E-state index in [1.807, 2.05) is 0 Å². The average Bonchev–Trinajstić information content (AvgIpc) is 2.28. The number of aromatic carboxylic acids is 1. The SMILES string of the molecule is O=C(Cn1ccc(C(=O)O)cc1=O)NCC(F)(F)F. The van der Waals surface area contributed by atoms with Gasteiger partial charge >= 0.3 is 12.1 Å². The molecule has 0 aliphatic rings. The van der Waals surface area contributed by atoms with Gasteiger partial charge in [-0.1, -0.05) is 0 Å². The van der Waals surface area contributed by atoms with Gasteiger partial charge in [0.1, 0.15) is 13.1 Å². The van der Waals surface area contributed by atoms with Crippen molar-refractivity contribution in [3.8, 4) is 0 Å². The highest BCUT2D eigenvalue weighted by Gasteiger charge is 2.27. The number of carbonyl (C=O) groups excluding carboxylic acids is 1.